The van der Waals surface area contributed by atoms with Crippen LogP contribution < -0.4 is 4.90 Å². The minimum absolute atomic E-state index is 0.643. The lowest BCUT2D eigenvalue weighted by molar-refractivity contribution is 0.247. The van der Waals surface area contributed by atoms with Gasteiger partial charge in [0.2, 0.25) is 0 Å². The number of anilines is 1. The SMILES string of the molecule is CC1CCC(N(C)c2ccc(C#N)cc2)CC1C. The van der Waals surface area contributed by atoms with Crippen molar-refractivity contribution in [2.75, 3.05) is 11.9 Å². The monoisotopic (exact) mass is 242 g/mol. The van der Waals surface area contributed by atoms with Crippen molar-refractivity contribution in [2.24, 2.45) is 11.8 Å². The maximum Gasteiger partial charge on any atom is 0.0991 e. The van der Waals surface area contributed by atoms with Crippen molar-refractivity contribution in [2.45, 2.75) is 39.2 Å². The summed E-state index contributed by atoms with van der Waals surface area (Å²) in [5, 5.41) is 8.82. The second-order valence-corrected chi connectivity index (χ2v) is 5.69. The number of rotatable bonds is 2. The predicted molar refractivity (Wildman–Crippen MR) is 75.5 cm³/mol. The van der Waals surface area contributed by atoms with Gasteiger partial charge in [-0.15, -0.1) is 0 Å². The van der Waals surface area contributed by atoms with Crippen molar-refractivity contribution in [1.29, 1.82) is 5.26 Å². The van der Waals surface area contributed by atoms with Gasteiger partial charge in [-0.3, -0.25) is 0 Å². The summed E-state index contributed by atoms with van der Waals surface area (Å²) >= 11 is 0. The summed E-state index contributed by atoms with van der Waals surface area (Å²) in [4.78, 5) is 2.38. The van der Waals surface area contributed by atoms with Crippen LogP contribution in [0.15, 0.2) is 24.3 Å². The van der Waals surface area contributed by atoms with E-state index in [1.807, 2.05) is 12.1 Å². The van der Waals surface area contributed by atoms with E-state index in [9.17, 15) is 0 Å². The summed E-state index contributed by atoms with van der Waals surface area (Å²) in [5.74, 6) is 1.67. The van der Waals surface area contributed by atoms with Gasteiger partial charge < -0.3 is 4.90 Å². The Morgan fingerprint density at radius 2 is 1.78 bits per heavy atom. The molecule has 1 aromatic rings. The Labute approximate surface area is 110 Å². The minimum atomic E-state index is 0.643. The number of nitriles is 1. The Balaban J connectivity index is 2.06. The van der Waals surface area contributed by atoms with Crippen molar-refractivity contribution >= 4 is 5.69 Å². The number of hydrogen-bond acceptors (Lipinski definition) is 2. The maximum atomic E-state index is 8.82. The molecule has 1 aliphatic carbocycles. The van der Waals surface area contributed by atoms with Crippen LogP contribution in [0.1, 0.15) is 38.7 Å². The zero-order valence-corrected chi connectivity index (χ0v) is 11.6. The molecule has 1 saturated carbocycles. The molecule has 96 valence electrons. The molecule has 2 nitrogen and oxygen atoms in total. The van der Waals surface area contributed by atoms with Gasteiger partial charge in [-0.2, -0.15) is 5.26 Å². The van der Waals surface area contributed by atoms with Gasteiger partial charge in [0.05, 0.1) is 11.6 Å². The van der Waals surface area contributed by atoms with E-state index in [4.69, 9.17) is 5.26 Å². The Hall–Kier alpha value is -1.49. The molecule has 0 saturated heterocycles. The van der Waals surface area contributed by atoms with E-state index in [1.54, 1.807) is 0 Å². The Morgan fingerprint density at radius 1 is 1.11 bits per heavy atom. The molecule has 0 N–H and O–H groups in total. The highest BCUT2D eigenvalue weighted by Crippen LogP contribution is 2.33. The second kappa shape index (κ2) is 5.44. The van der Waals surface area contributed by atoms with Gasteiger partial charge in [-0.1, -0.05) is 13.8 Å². The van der Waals surface area contributed by atoms with Crippen molar-refractivity contribution < 1.29 is 0 Å². The van der Waals surface area contributed by atoms with Gasteiger partial charge in [0, 0.05) is 18.8 Å². The van der Waals surface area contributed by atoms with E-state index in [1.165, 1.54) is 24.9 Å². The first-order valence-electron chi connectivity index (χ1n) is 6.85. The Bertz CT molecular complexity index is 429. The number of nitrogens with zero attached hydrogens (tertiary/aromatic N) is 2. The Kier molecular flexibility index (Phi) is 3.91. The van der Waals surface area contributed by atoms with Crippen molar-refractivity contribution in [1.82, 2.24) is 0 Å². The fraction of sp³-hybridized carbons (Fsp3) is 0.562. The van der Waals surface area contributed by atoms with Gasteiger partial charge in [-0.05, 0) is 55.4 Å². The van der Waals surface area contributed by atoms with Crippen LogP contribution in [0.3, 0.4) is 0 Å². The zero-order valence-electron chi connectivity index (χ0n) is 11.6. The molecule has 1 fully saturated rings. The van der Waals surface area contributed by atoms with E-state index in [2.05, 4.69) is 44.0 Å². The highest BCUT2D eigenvalue weighted by molar-refractivity contribution is 5.49. The molecule has 2 rings (SSSR count). The van der Waals surface area contributed by atoms with Gasteiger partial charge in [-0.25, -0.2) is 0 Å². The molecule has 18 heavy (non-hydrogen) atoms. The molecule has 0 radical (unpaired) electrons. The minimum Gasteiger partial charge on any atom is -0.372 e. The molecule has 0 spiro atoms. The van der Waals surface area contributed by atoms with Gasteiger partial charge >= 0.3 is 0 Å². The van der Waals surface area contributed by atoms with Gasteiger partial charge in [0.15, 0.2) is 0 Å². The van der Waals surface area contributed by atoms with Crippen molar-refractivity contribution in [3.63, 3.8) is 0 Å². The summed E-state index contributed by atoms with van der Waals surface area (Å²) < 4.78 is 0. The van der Waals surface area contributed by atoms with Crippen LogP contribution in [0, 0.1) is 23.2 Å². The number of benzene rings is 1. The van der Waals surface area contributed by atoms with E-state index in [-0.39, 0.29) is 0 Å². The van der Waals surface area contributed by atoms with Crippen LogP contribution in [0.4, 0.5) is 5.69 Å². The maximum absolute atomic E-state index is 8.82. The topological polar surface area (TPSA) is 27.0 Å². The summed E-state index contributed by atoms with van der Waals surface area (Å²) in [6, 6.07) is 10.7. The van der Waals surface area contributed by atoms with Crippen molar-refractivity contribution in [3.05, 3.63) is 29.8 Å². The molecule has 1 aliphatic rings. The molecular weight excluding hydrogens is 220 g/mol. The summed E-state index contributed by atoms with van der Waals surface area (Å²) in [6.45, 7) is 4.73. The lowest BCUT2D eigenvalue weighted by Gasteiger charge is -2.38. The molecule has 0 aliphatic heterocycles. The van der Waals surface area contributed by atoms with E-state index in [0.717, 1.165) is 17.4 Å². The van der Waals surface area contributed by atoms with E-state index >= 15 is 0 Å². The van der Waals surface area contributed by atoms with E-state index in [0.29, 0.717) is 6.04 Å². The molecular formula is C16H22N2. The first-order valence-corrected chi connectivity index (χ1v) is 6.85. The average Bonchev–Trinajstić information content (AvgIpc) is 2.41. The zero-order chi connectivity index (χ0) is 13.1. The third kappa shape index (κ3) is 2.67. The van der Waals surface area contributed by atoms with Gasteiger partial charge in [0.1, 0.15) is 0 Å². The third-order valence-electron chi connectivity index (χ3n) is 4.52. The van der Waals surface area contributed by atoms with Crippen molar-refractivity contribution in [3.8, 4) is 6.07 Å². The average molecular weight is 242 g/mol. The largest absolute Gasteiger partial charge is 0.372 e. The summed E-state index contributed by atoms with van der Waals surface area (Å²) in [5.41, 5.74) is 1.96. The first kappa shape index (κ1) is 13.0. The normalized spacial score (nSPS) is 27.6. The molecule has 3 atom stereocenters. The highest BCUT2D eigenvalue weighted by Gasteiger charge is 2.27. The lowest BCUT2D eigenvalue weighted by Crippen LogP contribution is -2.37. The quantitative estimate of drug-likeness (QED) is 0.788. The standard InChI is InChI=1S/C16H22N2/c1-12-4-7-16(10-13(12)2)18(3)15-8-5-14(11-17)6-9-15/h5-6,8-9,12-13,16H,4,7,10H2,1-3H3. The summed E-state index contributed by atoms with van der Waals surface area (Å²) in [6.07, 6.45) is 3.88. The molecule has 1 aromatic carbocycles. The highest BCUT2D eigenvalue weighted by atomic mass is 15.1. The molecule has 2 heteroatoms. The third-order valence-corrected chi connectivity index (χ3v) is 4.52. The van der Waals surface area contributed by atoms with E-state index < -0.39 is 0 Å². The fourth-order valence-corrected chi connectivity index (χ4v) is 2.85. The molecule has 3 unspecified atom stereocenters. The number of hydrogen-bond donors (Lipinski definition) is 0. The molecule has 0 aromatic heterocycles. The van der Waals surface area contributed by atoms with Crippen LogP contribution in [0.5, 0.6) is 0 Å². The van der Waals surface area contributed by atoms with Crippen LogP contribution in [-0.2, 0) is 0 Å². The second-order valence-electron chi connectivity index (χ2n) is 5.69. The summed E-state index contributed by atoms with van der Waals surface area (Å²) in [7, 11) is 2.18. The predicted octanol–water partition coefficient (Wildman–Crippen LogP) is 3.82. The van der Waals surface area contributed by atoms with Crippen LogP contribution >= 0.6 is 0 Å². The van der Waals surface area contributed by atoms with Crippen LogP contribution in [-0.4, -0.2) is 13.1 Å². The van der Waals surface area contributed by atoms with Gasteiger partial charge in [0.25, 0.3) is 0 Å². The molecule has 0 amide bonds. The smallest absolute Gasteiger partial charge is 0.0991 e. The van der Waals surface area contributed by atoms with Crippen LogP contribution in [0.2, 0.25) is 0 Å². The fourth-order valence-electron chi connectivity index (χ4n) is 2.85. The first-order chi connectivity index (χ1) is 8.61. The Morgan fingerprint density at radius 3 is 2.33 bits per heavy atom. The molecule has 0 heterocycles. The lowest BCUT2D eigenvalue weighted by atomic mass is 9.78. The molecule has 0 bridgehead atoms. The van der Waals surface area contributed by atoms with Crippen LogP contribution in [0.25, 0.3) is 0 Å².